The number of rotatable bonds is 6. The molecule has 1 aromatic heterocycles. The van der Waals surface area contributed by atoms with Gasteiger partial charge in [-0.1, -0.05) is 6.07 Å². The zero-order valence-electron chi connectivity index (χ0n) is 16.8. The normalized spacial score (nSPS) is 14.8. The van der Waals surface area contributed by atoms with E-state index in [1.54, 1.807) is 6.07 Å². The molecular weight excluding hydrogens is 394 g/mol. The minimum Gasteiger partial charge on any atom is -0.484 e. The Bertz CT molecular complexity index is 964. The van der Waals surface area contributed by atoms with Crippen molar-refractivity contribution in [2.24, 2.45) is 0 Å². The third-order valence-electron chi connectivity index (χ3n) is 5.01. The highest BCUT2D eigenvalue weighted by molar-refractivity contribution is 7.17. The van der Waals surface area contributed by atoms with Crippen molar-refractivity contribution in [2.75, 3.05) is 26.1 Å². The molecule has 0 radical (unpaired) electrons. The fourth-order valence-electron chi connectivity index (χ4n) is 3.35. The molecule has 1 N–H and O–H groups in total. The molecule has 154 valence electrons. The van der Waals surface area contributed by atoms with Crippen molar-refractivity contribution < 1.29 is 28.6 Å². The van der Waals surface area contributed by atoms with Crippen LogP contribution in [0.2, 0.25) is 0 Å². The number of ether oxygens (including phenoxy) is 3. The smallest absolute Gasteiger partial charge is 0.341 e. The SMILES string of the molecule is COC(=O)c1c(NC(=O)COc2ccc(C)c(C)c2)sc2c1[C@@H](C(=O)OC)CC2. The highest BCUT2D eigenvalue weighted by Gasteiger charge is 2.38. The van der Waals surface area contributed by atoms with Gasteiger partial charge in [-0.3, -0.25) is 9.59 Å². The number of carbonyl (C=O) groups is 3. The fraction of sp³-hybridized carbons (Fsp3) is 0.381. The van der Waals surface area contributed by atoms with Crippen LogP contribution in [0.25, 0.3) is 0 Å². The molecule has 3 rings (SSSR count). The van der Waals surface area contributed by atoms with Crippen molar-refractivity contribution in [2.45, 2.75) is 32.6 Å². The molecule has 1 aromatic carbocycles. The van der Waals surface area contributed by atoms with E-state index in [0.29, 0.717) is 29.2 Å². The van der Waals surface area contributed by atoms with E-state index >= 15 is 0 Å². The molecule has 2 aromatic rings. The van der Waals surface area contributed by atoms with Gasteiger partial charge in [0.05, 0.1) is 25.7 Å². The van der Waals surface area contributed by atoms with E-state index in [9.17, 15) is 14.4 Å². The molecule has 1 amide bonds. The van der Waals surface area contributed by atoms with Gasteiger partial charge < -0.3 is 19.5 Å². The van der Waals surface area contributed by atoms with Crippen LogP contribution in [0.1, 0.15) is 44.3 Å². The maximum atomic E-state index is 12.4. The van der Waals surface area contributed by atoms with Crippen LogP contribution in [0.5, 0.6) is 5.75 Å². The quantitative estimate of drug-likeness (QED) is 0.725. The molecule has 0 aliphatic heterocycles. The average Bonchev–Trinajstić information content (AvgIpc) is 3.26. The van der Waals surface area contributed by atoms with Crippen molar-refractivity contribution in [3.8, 4) is 5.75 Å². The number of amides is 1. The van der Waals surface area contributed by atoms with Gasteiger partial charge in [0.25, 0.3) is 5.91 Å². The zero-order chi connectivity index (χ0) is 21.1. The lowest BCUT2D eigenvalue weighted by atomic mass is 9.99. The fourth-order valence-corrected chi connectivity index (χ4v) is 4.63. The van der Waals surface area contributed by atoms with Crippen LogP contribution in [-0.2, 0) is 25.5 Å². The Morgan fingerprint density at radius 3 is 2.55 bits per heavy atom. The molecule has 0 spiro atoms. The number of hydrogen-bond acceptors (Lipinski definition) is 7. The van der Waals surface area contributed by atoms with Crippen molar-refractivity contribution in [1.82, 2.24) is 0 Å². The van der Waals surface area contributed by atoms with Gasteiger partial charge >= 0.3 is 11.9 Å². The maximum absolute atomic E-state index is 12.4. The maximum Gasteiger partial charge on any atom is 0.341 e. The van der Waals surface area contributed by atoms with Crippen LogP contribution in [0.4, 0.5) is 5.00 Å². The lowest BCUT2D eigenvalue weighted by Gasteiger charge is -2.12. The molecule has 0 unspecified atom stereocenters. The summed E-state index contributed by atoms with van der Waals surface area (Å²) in [6, 6.07) is 5.59. The number of methoxy groups -OCH3 is 2. The summed E-state index contributed by atoms with van der Waals surface area (Å²) in [5.74, 6) is -1.33. The van der Waals surface area contributed by atoms with Crippen LogP contribution in [0, 0.1) is 13.8 Å². The average molecular weight is 417 g/mol. The first-order valence-electron chi connectivity index (χ1n) is 9.17. The van der Waals surface area contributed by atoms with Crippen molar-refractivity contribution in [1.29, 1.82) is 0 Å². The Hall–Kier alpha value is -2.87. The minimum atomic E-state index is -0.594. The molecule has 1 heterocycles. The van der Waals surface area contributed by atoms with Gasteiger partial charge in [0.2, 0.25) is 0 Å². The Kier molecular flexibility index (Phi) is 6.22. The number of aryl methyl sites for hydroxylation is 3. The third-order valence-corrected chi connectivity index (χ3v) is 6.19. The summed E-state index contributed by atoms with van der Waals surface area (Å²) in [6.07, 6.45) is 1.21. The van der Waals surface area contributed by atoms with Gasteiger partial charge in [0, 0.05) is 4.88 Å². The molecule has 0 fully saturated rings. The molecule has 0 bridgehead atoms. The lowest BCUT2D eigenvalue weighted by molar-refractivity contribution is -0.142. The highest BCUT2D eigenvalue weighted by Crippen LogP contribution is 2.45. The van der Waals surface area contributed by atoms with Gasteiger partial charge in [-0.15, -0.1) is 11.3 Å². The van der Waals surface area contributed by atoms with E-state index in [1.807, 2.05) is 26.0 Å². The van der Waals surface area contributed by atoms with Gasteiger partial charge in [0.1, 0.15) is 10.8 Å². The van der Waals surface area contributed by atoms with Gasteiger partial charge in [-0.2, -0.15) is 0 Å². The third kappa shape index (κ3) is 4.27. The second kappa shape index (κ2) is 8.65. The zero-order valence-corrected chi connectivity index (χ0v) is 17.6. The first kappa shape index (κ1) is 20.9. The largest absolute Gasteiger partial charge is 0.484 e. The van der Waals surface area contributed by atoms with Crippen LogP contribution in [0.3, 0.4) is 0 Å². The predicted octanol–water partition coefficient (Wildman–Crippen LogP) is 3.37. The van der Waals surface area contributed by atoms with Crippen LogP contribution in [0.15, 0.2) is 18.2 Å². The number of nitrogens with one attached hydrogen (secondary N) is 1. The van der Waals surface area contributed by atoms with E-state index in [2.05, 4.69) is 5.32 Å². The van der Waals surface area contributed by atoms with Crippen LogP contribution >= 0.6 is 11.3 Å². The molecule has 8 heteroatoms. The lowest BCUT2D eigenvalue weighted by Crippen LogP contribution is -2.22. The number of hydrogen-bond donors (Lipinski definition) is 1. The first-order chi connectivity index (χ1) is 13.8. The summed E-state index contributed by atoms with van der Waals surface area (Å²) in [6.45, 7) is 3.76. The number of anilines is 1. The summed E-state index contributed by atoms with van der Waals surface area (Å²) < 4.78 is 15.3. The number of fused-ring (bicyclic) bond motifs is 1. The molecule has 1 aliphatic rings. The van der Waals surface area contributed by atoms with Gasteiger partial charge in [-0.25, -0.2) is 4.79 Å². The highest BCUT2D eigenvalue weighted by atomic mass is 32.1. The van der Waals surface area contributed by atoms with Gasteiger partial charge in [-0.05, 0) is 55.5 Å². The second-order valence-corrected chi connectivity index (χ2v) is 7.94. The molecule has 29 heavy (non-hydrogen) atoms. The van der Waals surface area contributed by atoms with E-state index in [-0.39, 0.29) is 12.2 Å². The second-order valence-electron chi connectivity index (χ2n) is 6.83. The predicted molar refractivity (Wildman–Crippen MR) is 109 cm³/mol. The number of benzene rings is 1. The topological polar surface area (TPSA) is 90.9 Å². The Balaban J connectivity index is 1.78. The molecule has 7 nitrogen and oxygen atoms in total. The summed E-state index contributed by atoms with van der Waals surface area (Å²) in [5, 5.41) is 3.10. The Morgan fingerprint density at radius 1 is 1.14 bits per heavy atom. The summed E-state index contributed by atoms with van der Waals surface area (Å²) in [7, 11) is 2.58. The van der Waals surface area contributed by atoms with Crippen LogP contribution in [-0.4, -0.2) is 38.7 Å². The molecular formula is C21H23NO6S. The van der Waals surface area contributed by atoms with E-state index in [0.717, 1.165) is 16.0 Å². The van der Waals surface area contributed by atoms with Crippen molar-refractivity contribution in [3.63, 3.8) is 0 Å². The van der Waals surface area contributed by atoms with Gasteiger partial charge in [0.15, 0.2) is 6.61 Å². The van der Waals surface area contributed by atoms with Crippen LogP contribution < -0.4 is 10.1 Å². The van der Waals surface area contributed by atoms with Crippen molar-refractivity contribution in [3.05, 3.63) is 45.3 Å². The minimum absolute atomic E-state index is 0.202. The standard InChI is InChI=1S/C21H23NO6S/c1-11-5-6-13(9-12(11)2)28-10-16(23)22-19-18(21(25)27-4)17-14(20(24)26-3)7-8-15(17)29-19/h5-6,9,14H,7-8,10H2,1-4H3,(H,22,23)/t14-/m0/s1. The molecule has 1 atom stereocenters. The molecule has 1 aliphatic carbocycles. The Morgan fingerprint density at radius 2 is 1.90 bits per heavy atom. The summed E-state index contributed by atoms with van der Waals surface area (Å²) in [4.78, 5) is 37.8. The van der Waals surface area contributed by atoms with E-state index in [4.69, 9.17) is 14.2 Å². The van der Waals surface area contributed by atoms with Crippen molar-refractivity contribution >= 4 is 34.2 Å². The summed E-state index contributed by atoms with van der Waals surface area (Å²) >= 11 is 1.28. The monoisotopic (exact) mass is 417 g/mol. The van der Waals surface area contributed by atoms with E-state index < -0.39 is 23.8 Å². The number of carbonyl (C=O) groups excluding carboxylic acids is 3. The Labute approximate surface area is 173 Å². The number of esters is 2. The first-order valence-corrected chi connectivity index (χ1v) is 9.99. The molecule has 0 saturated carbocycles. The molecule has 0 saturated heterocycles. The van der Waals surface area contributed by atoms with E-state index in [1.165, 1.54) is 25.6 Å². The summed E-state index contributed by atoms with van der Waals surface area (Å²) in [5.41, 5.74) is 3.02. The number of thiophene rings is 1.